The molecule has 2 heterocycles. The Balaban J connectivity index is 1.72. The topological polar surface area (TPSA) is 114 Å². The average Bonchev–Trinajstić information content (AvgIpc) is 3.30. The van der Waals surface area contributed by atoms with Gasteiger partial charge in [0.1, 0.15) is 0 Å². The molecule has 3 atom stereocenters. The average molecular weight is 486 g/mol. The zero-order valence-electron chi connectivity index (χ0n) is 19.3. The Labute approximate surface area is 198 Å². The Morgan fingerprint density at radius 2 is 2.00 bits per heavy atom. The van der Waals surface area contributed by atoms with Crippen molar-refractivity contribution in [1.82, 2.24) is 25.4 Å². The molecule has 10 nitrogen and oxygen atoms in total. The maximum absolute atomic E-state index is 15.3. The number of rotatable bonds is 9. The molecule has 12 heteroatoms. The van der Waals surface area contributed by atoms with Gasteiger partial charge in [-0.2, -0.15) is 14.4 Å². The Hall–Kier alpha value is -2.24. The summed E-state index contributed by atoms with van der Waals surface area (Å²) < 4.78 is 15.3. The van der Waals surface area contributed by atoms with E-state index in [1.54, 1.807) is 0 Å². The van der Waals surface area contributed by atoms with Crippen molar-refractivity contribution in [2.45, 2.75) is 58.0 Å². The number of nitrogens with zero attached hydrogens (tertiary/aromatic N) is 5. The van der Waals surface area contributed by atoms with E-state index >= 15 is 4.39 Å². The molecule has 3 N–H and O–H groups in total. The van der Waals surface area contributed by atoms with Crippen molar-refractivity contribution in [3.63, 3.8) is 0 Å². The summed E-state index contributed by atoms with van der Waals surface area (Å²) in [7, 11) is 2.02. The van der Waals surface area contributed by atoms with Gasteiger partial charge in [0, 0.05) is 25.2 Å². The lowest BCUT2D eigenvalue weighted by molar-refractivity contribution is -0.154. The maximum atomic E-state index is 15.3. The van der Waals surface area contributed by atoms with Crippen LogP contribution < -0.4 is 15.8 Å². The van der Waals surface area contributed by atoms with Gasteiger partial charge in [0.25, 0.3) is 0 Å². The van der Waals surface area contributed by atoms with E-state index < -0.39 is 17.6 Å². The maximum Gasteiger partial charge on any atom is 0.243 e. The van der Waals surface area contributed by atoms with Gasteiger partial charge in [-0.15, -0.1) is 0 Å². The third-order valence-electron chi connectivity index (χ3n) is 6.95. The van der Waals surface area contributed by atoms with E-state index in [2.05, 4.69) is 32.6 Å². The van der Waals surface area contributed by atoms with Crippen LogP contribution in [-0.2, 0) is 9.59 Å². The second-order valence-electron chi connectivity index (χ2n) is 9.06. The molecule has 1 aliphatic heterocycles. The standard InChI is InChI=1S/C21H33ClFN7O3/c1-13-14(2)30(9-8-28(13)3)19-17(23)18(24-21(22)25-19)26-27-20(32)16(11-29(33)12-31)10-15-6-4-5-7-15/h12-16,33H,4-11H2,1-3H3,(H,27,32)(H,24,25,26)/t13-,14+,16-/m1/s1. The normalized spacial score (nSPS) is 22.8. The molecule has 0 unspecified atom stereocenters. The molecular weight excluding hydrogens is 453 g/mol. The fourth-order valence-electron chi connectivity index (χ4n) is 4.69. The second-order valence-corrected chi connectivity index (χ2v) is 9.40. The van der Waals surface area contributed by atoms with Crippen LogP contribution in [0, 0.1) is 17.7 Å². The number of aromatic nitrogens is 2. The highest BCUT2D eigenvalue weighted by Gasteiger charge is 2.32. The Kier molecular flexibility index (Phi) is 8.66. The first-order valence-electron chi connectivity index (χ1n) is 11.4. The number of amides is 2. The number of hydrogen-bond acceptors (Lipinski definition) is 8. The largest absolute Gasteiger partial charge is 0.348 e. The van der Waals surface area contributed by atoms with Crippen LogP contribution in [0.5, 0.6) is 0 Å². The number of anilines is 2. The molecule has 0 bridgehead atoms. The summed E-state index contributed by atoms with van der Waals surface area (Å²) in [6.45, 7) is 5.21. The summed E-state index contributed by atoms with van der Waals surface area (Å²) in [6, 6.07) is 0.167. The lowest BCUT2D eigenvalue weighted by atomic mass is 9.92. The molecule has 0 radical (unpaired) electrons. The fraction of sp³-hybridized carbons (Fsp3) is 0.714. The number of hydroxylamine groups is 2. The first-order chi connectivity index (χ1) is 15.7. The summed E-state index contributed by atoms with van der Waals surface area (Å²) in [5.41, 5.74) is 5.00. The molecule has 2 fully saturated rings. The Morgan fingerprint density at radius 1 is 1.30 bits per heavy atom. The van der Waals surface area contributed by atoms with E-state index in [4.69, 9.17) is 11.6 Å². The SMILES string of the molecule is C[C@@H]1[C@H](C)N(c2nc(Cl)nc(NNC(=O)[C@H](CC3CCCC3)CN(O)C=O)c2F)CCN1C. The van der Waals surface area contributed by atoms with Gasteiger partial charge < -0.3 is 4.90 Å². The summed E-state index contributed by atoms with van der Waals surface area (Å²) in [4.78, 5) is 35.7. The molecule has 3 rings (SSSR count). The summed E-state index contributed by atoms with van der Waals surface area (Å²) in [5.74, 6) is -1.67. The predicted octanol–water partition coefficient (Wildman–Crippen LogP) is 2.29. The van der Waals surface area contributed by atoms with E-state index in [1.165, 1.54) is 0 Å². The molecule has 1 aliphatic carbocycles. The van der Waals surface area contributed by atoms with Crippen LogP contribution >= 0.6 is 11.6 Å². The Morgan fingerprint density at radius 3 is 2.67 bits per heavy atom. The molecule has 1 aromatic rings. The summed E-state index contributed by atoms with van der Waals surface area (Å²) >= 11 is 6.08. The Bertz CT molecular complexity index is 842. The van der Waals surface area contributed by atoms with Gasteiger partial charge in [0.15, 0.2) is 11.6 Å². The molecular formula is C21H33ClFN7O3. The molecule has 0 spiro atoms. The van der Waals surface area contributed by atoms with Crippen LogP contribution in [0.3, 0.4) is 0 Å². The minimum Gasteiger partial charge on any atom is -0.348 e. The van der Waals surface area contributed by atoms with Gasteiger partial charge in [-0.25, -0.2) is 5.06 Å². The minimum atomic E-state index is -0.715. The summed E-state index contributed by atoms with van der Waals surface area (Å²) in [6.07, 6.45) is 4.99. The van der Waals surface area contributed by atoms with E-state index in [9.17, 15) is 14.8 Å². The first kappa shape index (κ1) is 25.4. The molecule has 1 saturated heterocycles. The number of nitrogens with one attached hydrogen (secondary N) is 2. The molecule has 2 amide bonds. The van der Waals surface area contributed by atoms with E-state index in [-0.39, 0.29) is 42.0 Å². The van der Waals surface area contributed by atoms with Gasteiger partial charge in [0.2, 0.25) is 23.4 Å². The van der Waals surface area contributed by atoms with Gasteiger partial charge >= 0.3 is 0 Å². The zero-order chi connectivity index (χ0) is 24.1. The van der Waals surface area contributed by atoms with Crippen molar-refractivity contribution >= 4 is 35.6 Å². The molecule has 2 aliphatic rings. The highest BCUT2D eigenvalue weighted by Crippen LogP contribution is 2.31. The van der Waals surface area contributed by atoms with E-state index in [0.29, 0.717) is 23.9 Å². The number of halogens is 2. The second kappa shape index (κ2) is 11.3. The third-order valence-corrected chi connectivity index (χ3v) is 7.12. The van der Waals surface area contributed by atoms with Crippen molar-refractivity contribution in [1.29, 1.82) is 0 Å². The fourth-order valence-corrected chi connectivity index (χ4v) is 4.85. The number of piperazine rings is 1. The number of hydrazine groups is 1. The van der Waals surface area contributed by atoms with Crippen LogP contribution in [0.4, 0.5) is 16.0 Å². The number of hydrogen-bond donors (Lipinski definition) is 3. The zero-order valence-corrected chi connectivity index (χ0v) is 20.1. The molecule has 33 heavy (non-hydrogen) atoms. The lowest BCUT2D eigenvalue weighted by Gasteiger charge is -2.44. The third kappa shape index (κ3) is 6.21. The van der Waals surface area contributed by atoms with Gasteiger partial charge in [-0.3, -0.25) is 30.5 Å². The van der Waals surface area contributed by atoms with Crippen molar-refractivity contribution in [3.05, 3.63) is 11.1 Å². The first-order valence-corrected chi connectivity index (χ1v) is 11.8. The van der Waals surface area contributed by atoms with E-state index in [0.717, 1.165) is 32.2 Å². The predicted molar refractivity (Wildman–Crippen MR) is 122 cm³/mol. The molecule has 1 saturated carbocycles. The number of carbonyl (C=O) groups excluding carboxylic acids is 2. The van der Waals surface area contributed by atoms with Crippen LogP contribution in [0.2, 0.25) is 5.28 Å². The highest BCUT2D eigenvalue weighted by atomic mass is 35.5. The minimum absolute atomic E-state index is 0.0127. The van der Waals surface area contributed by atoms with Crippen molar-refractivity contribution in [3.8, 4) is 0 Å². The van der Waals surface area contributed by atoms with Crippen LogP contribution in [0.15, 0.2) is 0 Å². The van der Waals surface area contributed by atoms with E-state index in [1.807, 2.05) is 18.9 Å². The van der Waals surface area contributed by atoms with Gasteiger partial charge in [-0.05, 0) is 44.8 Å². The van der Waals surface area contributed by atoms with Gasteiger partial charge in [0.05, 0.1) is 12.5 Å². The van der Waals surface area contributed by atoms with Crippen molar-refractivity contribution in [2.75, 3.05) is 37.0 Å². The number of likely N-dealkylation sites (N-methyl/N-ethyl adjacent to an activating group) is 1. The van der Waals surface area contributed by atoms with Crippen molar-refractivity contribution in [2.24, 2.45) is 11.8 Å². The molecule has 184 valence electrons. The molecule has 1 aromatic heterocycles. The van der Waals surface area contributed by atoms with Crippen LogP contribution in [0.25, 0.3) is 0 Å². The highest BCUT2D eigenvalue weighted by molar-refractivity contribution is 6.28. The summed E-state index contributed by atoms with van der Waals surface area (Å²) in [5, 5.41) is 9.93. The van der Waals surface area contributed by atoms with Crippen LogP contribution in [0.1, 0.15) is 46.0 Å². The smallest absolute Gasteiger partial charge is 0.243 e. The lowest BCUT2D eigenvalue weighted by Crippen LogP contribution is -2.56. The molecule has 0 aromatic carbocycles. The van der Waals surface area contributed by atoms with Crippen LogP contribution in [-0.4, -0.2) is 76.2 Å². The number of carbonyl (C=O) groups is 2. The van der Waals surface area contributed by atoms with Crippen molar-refractivity contribution < 1.29 is 19.2 Å². The van der Waals surface area contributed by atoms with Gasteiger partial charge in [-0.1, -0.05) is 25.7 Å². The quantitative estimate of drug-likeness (QED) is 0.211. The monoisotopic (exact) mass is 485 g/mol.